The molecule has 7 N–H and O–H groups in total. The normalized spacial score (nSPS) is 27.8. The number of methoxy groups -OCH3 is 1. The molecule has 1 unspecified atom stereocenters. The fourth-order valence-corrected chi connectivity index (χ4v) is 3.77. The van der Waals surface area contributed by atoms with Crippen LogP contribution >= 0.6 is 0 Å². The number of aliphatic hydroxyl groups excluding tert-OH is 2. The summed E-state index contributed by atoms with van der Waals surface area (Å²) in [6.07, 6.45) is -3.15. The molecule has 13 nitrogen and oxygen atoms in total. The van der Waals surface area contributed by atoms with Crippen molar-refractivity contribution in [2.24, 2.45) is 0 Å². The topological polar surface area (TPSA) is 198 Å². The van der Waals surface area contributed by atoms with Crippen LogP contribution in [-0.4, -0.2) is 83.7 Å². The number of phenols is 1. The van der Waals surface area contributed by atoms with Gasteiger partial charge in [-0.1, -0.05) is 13.0 Å². The predicted molar refractivity (Wildman–Crippen MR) is 111 cm³/mol. The van der Waals surface area contributed by atoms with Crippen molar-refractivity contribution in [3.8, 4) is 11.5 Å². The number of phenolic OH excluding ortho intramolecular Hbond substituents is 1. The fourth-order valence-electron chi connectivity index (χ4n) is 3.77. The van der Waals surface area contributed by atoms with Gasteiger partial charge in [-0.2, -0.15) is 0 Å². The molecule has 34 heavy (non-hydrogen) atoms. The van der Waals surface area contributed by atoms with Gasteiger partial charge < -0.3 is 40.2 Å². The molecule has 3 rings (SSSR count). The number of nitrogens with zero attached hydrogens (tertiary/aromatic N) is 2. The molecule has 0 spiro atoms. The lowest BCUT2D eigenvalue weighted by Gasteiger charge is -2.42. The van der Waals surface area contributed by atoms with E-state index in [4.69, 9.17) is 9.47 Å². The summed E-state index contributed by atoms with van der Waals surface area (Å²) in [7, 11) is 1.28. The maximum Gasteiger partial charge on any atom is 0.332 e. The molecule has 1 aliphatic heterocycles. The predicted octanol–water partition coefficient (Wildman–Crippen LogP) is -1.74. The highest BCUT2D eigenvalue weighted by Crippen LogP contribution is 2.43. The van der Waals surface area contributed by atoms with Gasteiger partial charge in [-0.05, 0) is 17.7 Å². The van der Waals surface area contributed by atoms with Crippen molar-refractivity contribution in [2.75, 3.05) is 20.4 Å². The number of hydroxylamine groups is 2. The second-order valence-electron chi connectivity index (χ2n) is 7.95. The molecule has 0 aliphatic carbocycles. The SMILES string of the molecule is COc1cc(CN(O)[C@@]2(O)[C@H](O)[C@@H](CO)O[C@@]2(O)n2cc(C(C)CF)c(=O)[nH]c2=O)ccc1O. The summed E-state index contributed by atoms with van der Waals surface area (Å²) in [5, 5.41) is 63.5. The summed E-state index contributed by atoms with van der Waals surface area (Å²) in [6, 6.07) is 3.86. The van der Waals surface area contributed by atoms with Crippen LogP contribution in [0, 0.1) is 0 Å². The Bertz CT molecular complexity index is 1160. The molecule has 1 aromatic heterocycles. The number of aromatic hydroxyl groups is 1. The molecule has 2 aromatic rings. The third kappa shape index (κ3) is 3.98. The number of aromatic amines is 1. The average Bonchev–Trinajstić information content (AvgIpc) is 3.01. The van der Waals surface area contributed by atoms with Gasteiger partial charge in [-0.3, -0.25) is 14.2 Å². The lowest BCUT2D eigenvalue weighted by Crippen LogP contribution is -2.68. The Kier molecular flexibility index (Phi) is 7.14. The van der Waals surface area contributed by atoms with Crippen LogP contribution in [0.3, 0.4) is 0 Å². The molecule has 0 radical (unpaired) electrons. The Morgan fingerprint density at radius 3 is 2.62 bits per heavy atom. The van der Waals surface area contributed by atoms with Crippen molar-refractivity contribution >= 4 is 0 Å². The van der Waals surface area contributed by atoms with Crippen LogP contribution in [0.15, 0.2) is 34.0 Å². The molecule has 1 aromatic carbocycles. The summed E-state index contributed by atoms with van der Waals surface area (Å²) >= 11 is 0. The lowest BCUT2D eigenvalue weighted by molar-refractivity contribution is -0.413. The van der Waals surface area contributed by atoms with E-state index in [9.17, 15) is 44.7 Å². The number of hydrogen-bond donors (Lipinski definition) is 7. The summed E-state index contributed by atoms with van der Waals surface area (Å²) in [5.74, 6) is -4.49. The quantitative estimate of drug-likeness (QED) is 0.165. The van der Waals surface area contributed by atoms with Gasteiger partial charge in [0.15, 0.2) is 11.5 Å². The van der Waals surface area contributed by atoms with Crippen LogP contribution in [-0.2, 0) is 17.2 Å². The van der Waals surface area contributed by atoms with E-state index in [0.29, 0.717) is 0 Å². The molecule has 0 bridgehead atoms. The minimum absolute atomic E-state index is 0.0197. The number of ether oxygens (including phenoxy) is 2. The van der Waals surface area contributed by atoms with E-state index < -0.39 is 60.8 Å². The van der Waals surface area contributed by atoms with E-state index in [1.807, 2.05) is 4.98 Å². The number of rotatable bonds is 8. The highest BCUT2D eigenvalue weighted by Gasteiger charge is 2.70. The maximum absolute atomic E-state index is 13.2. The first-order valence-electron chi connectivity index (χ1n) is 10.1. The highest BCUT2D eigenvalue weighted by atomic mass is 19.1. The van der Waals surface area contributed by atoms with Gasteiger partial charge in [0.1, 0.15) is 12.2 Å². The second-order valence-corrected chi connectivity index (χ2v) is 7.95. The van der Waals surface area contributed by atoms with E-state index in [1.54, 1.807) is 0 Å². The molecular weight excluding hydrogens is 461 g/mol. The van der Waals surface area contributed by atoms with E-state index in [-0.39, 0.29) is 32.3 Å². The molecule has 2 heterocycles. The first-order valence-corrected chi connectivity index (χ1v) is 10.1. The minimum atomic E-state index is -3.26. The third-order valence-electron chi connectivity index (χ3n) is 5.77. The average molecular weight is 487 g/mol. The fraction of sp³-hybridized carbons (Fsp3) is 0.500. The van der Waals surface area contributed by atoms with Crippen molar-refractivity contribution in [1.29, 1.82) is 0 Å². The van der Waals surface area contributed by atoms with Crippen molar-refractivity contribution in [2.45, 2.75) is 43.2 Å². The van der Waals surface area contributed by atoms with Crippen LogP contribution < -0.4 is 16.0 Å². The lowest BCUT2D eigenvalue weighted by atomic mass is 9.99. The Balaban J connectivity index is 2.14. The molecule has 0 saturated carbocycles. The molecule has 0 amide bonds. The number of H-pyrrole nitrogens is 1. The summed E-state index contributed by atoms with van der Waals surface area (Å²) in [4.78, 5) is 26.5. The molecule has 1 aliphatic rings. The number of hydrogen-bond acceptors (Lipinski definition) is 11. The van der Waals surface area contributed by atoms with Gasteiger partial charge in [0.25, 0.3) is 5.56 Å². The molecule has 5 atom stereocenters. The summed E-state index contributed by atoms with van der Waals surface area (Å²) in [5.41, 5.74) is -5.53. The second kappa shape index (κ2) is 9.42. The first kappa shape index (κ1) is 25.8. The van der Waals surface area contributed by atoms with Crippen LogP contribution in [0.5, 0.6) is 11.5 Å². The van der Waals surface area contributed by atoms with Gasteiger partial charge in [-0.15, -0.1) is 5.06 Å². The van der Waals surface area contributed by atoms with Crippen LogP contribution in [0.2, 0.25) is 0 Å². The van der Waals surface area contributed by atoms with Crippen molar-refractivity contribution in [3.63, 3.8) is 0 Å². The first-order chi connectivity index (χ1) is 15.9. The van der Waals surface area contributed by atoms with E-state index >= 15 is 0 Å². The number of aliphatic hydroxyl groups is 4. The number of aromatic nitrogens is 2. The zero-order valence-electron chi connectivity index (χ0n) is 18.3. The molecular formula is C20H26FN3O10. The van der Waals surface area contributed by atoms with Crippen molar-refractivity contribution in [1.82, 2.24) is 14.6 Å². The summed E-state index contributed by atoms with van der Waals surface area (Å²) < 4.78 is 23.7. The highest BCUT2D eigenvalue weighted by molar-refractivity contribution is 5.41. The number of benzene rings is 1. The van der Waals surface area contributed by atoms with E-state index in [2.05, 4.69) is 0 Å². The standard InChI is InChI=1S/C20H26FN3O10/c1-10(6-21)12-8-23(18(29)22-17(12)28)20(31)19(30,16(27)15(9-25)34-20)24(32)7-11-3-4-13(26)14(5-11)33-2/h3-5,8,10,15-16,25-27,30-32H,6-7,9H2,1-2H3,(H,22,28,29)/t10?,15-,16-,19-,20-/m1/s1. The van der Waals surface area contributed by atoms with Crippen molar-refractivity contribution in [3.05, 3.63) is 56.4 Å². The van der Waals surface area contributed by atoms with Gasteiger partial charge in [0.2, 0.25) is 5.72 Å². The van der Waals surface area contributed by atoms with Crippen molar-refractivity contribution < 1.29 is 44.6 Å². The van der Waals surface area contributed by atoms with Crippen LogP contribution in [0.4, 0.5) is 4.39 Å². The Labute approximate surface area is 191 Å². The minimum Gasteiger partial charge on any atom is -0.504 e. The summed E-state index contributed by atoms with van der Waals surface area (Å²) in [6.45, 7) is -1.23. The number of halogens is 1. The zero-order chi connectivity index (χ0) is 25.4. The van der Waals surface area contributed by atoms with E-state index in [1.165, 1.54) is 32.2 Å². The van der Waals surface area contributed by atoms with Gasteiger partial charge >= 0.3 is 11.6 Å². The Morgan fingerprint density at radius 2 is 2.03 bits per heavy atom. The molecule has 14 heteroatoms. The Hall–Kier alpha value is -2.85. The van der Waals surface area contributed by atoms with Gasteiger partial charge in [-0.25, -0.2) is 9.36 Å². The zero-order valence-corrected chi connectivity index (χ0v) is 18.3. The third-order valence-corrected chi connectivity index (χ3v) is 5.77. The monoisotopic (exact) mass is 487 g/mol. The smallest absolute Gasteiger partial charge is 0.332 e. The number of nitrogens with one attached hydrogen (secondary N) is 1. The molecule has 1 saturated heterocycles. The maximum atomic E-state index is 13.2. The molecule has 188 valence electrons. The van der Waals surface area contributed by atoms with Gasteiger partial charge in [0.05, 0.1) is 26.9 Å². The largest absolute Gasteiger partial charge is 0.504 e. The van der Waals surface area contributed by atoms with Crippen LogP contribution in [0.1, 0.15) is 24.0 Å². The number of alkyl halides is 1. The van der Waals surface area contributed by atoms with E-state index in [0.717, 1.165) is 6.20 Å². The Morgan fingerprint density at radius 1 is 1.35 bits per heavy atom. The molecule has 1 fully saturated rings. The van der Waals surface area contributed by atoms with Gasteiger partial charge in [0, 0.05) is 17.7 Å². The van der Waals surface area contributed by atoms with Crippen LogP contribution in [0.25, 0.3) is 0 Å².